The minimum absolute atomic E-state index is 0.104. The maximum absolute atomic E-state index is 13.7. The van der Waals surface area contributed by atoms with E-state index in [1.54, 1.807) is 32.4 Å². The van der Waals surface area contributed by atoms with Gasteiger partial charge in [0.25, 0.3) is 0 Å². The molecule has 0 amide bonds. The van der Waals surface area contributed by atoms with Gasteiger partial charge in [-0.15, -0.1) is 0 Å². The molecule has 0 aliphatic rings. The van der Waals surface area contributed by atoms with Crippen LogP contribution >= 0.6 is 23.2 Å². The van der Waals surface area contributed by atoms with Crippen molar-refractivity contribution in [2.24, 2.45) is 0 Å². The zero-order chi connectivity index (χ0) is 29.0. The van der Waals surface area contributed by atoms with Crippen molar-refractivity contribution in [1.82, 2.24) is 5.32 Å². The van der Waals surface area contributed by atoms with Gasteiger partial charge in [-0.2, -0.15) is 0 Å². The average Bonchev–Trinajstić information content (AvgIpc) is 2.99. The summed E-state index contributed by atoms with van der Waals surface area (Å²) in [5.74, 6) is 0.884. The Kier molecular flexibility index (Phi) is 11.3. The number of ether oxygens (including phenoxy) is 4. The van der Waals surface area contributed by atoms with Gasteiger partial charge in [0, 0.05) is 11.6 Å². The summed E-state index contributed by atoms with van der Waals surface area (Å²) in [5, 5.41) is 4.30. The van der Waals surface area contributed by atoms with E-state index in [1.165, 1.54) is 0 Å². The minimum Gasteiger partial charge on any atom is -0.493 e. The van der Waals surface area contributed by atoms with Gasteiger partial charge in [0.05, 0.1) is 19.2 Å². The highest BCUT2D eigenvalue weighted by Crippen LogP contribution is 2.30. The van der Waals surface area contributed by atoms with Gasteiger partial charge in [-0.05, 0) is 60.0 Å². The Morgan fingerprint density at radius 1 is 0.780 bits per heavy atom. The third-order valence-corrected chi connectivity index (χ3v) is 7.04. The zero-order valence-electron chi connectivity index (χ0n) is 23.0. The largest absolute Gasteiger partial charge is 0.493 e. The molecule has 0 aliphatic carbocycles. The Labute approximate surface area is 251 Å². The molecule has 8 heteroatoms. The van der Waals surface area contributed by atoms with Crippen LogP contribution in [0.15, 0.2) is 97.1 Å². The Morgan fingerprint density at radius 3 is 2.02 bits per heavy atom. The quantitative estimate of drug-likeness (QED) is 0.126. The van der Waals surface area contributed by atoms with E-state index in [2.05, 4.69) is 5.32 Å². The lowest BCUT2D eigenvalue weighted by Crippen LogP contribution is -2.37. The number of carbonyl (C=O) groups excluding carboxylic acids is 1. The predicted octanol–water partition coefficient (Wildman–Crippen LogP) is 6.97. The number of hydrogen-bond donors (Lipinski definition) is 1. The molecule has 0 aliphatic heterocycles. The highest BCUT2D eigenvalue weighted by atomic mass is 35.5. The van der Waals surface area contributed by atoms with Crippen LogP contribution in [0, 0.1) is 0 Å². The van der Waals surface area contributed by atoms with Crippen molar-refractivity contribution < 1.29 is 23.7 Å². The van der Waals surface area contributed by atoms with Gasteiger partial charge in [0.15, 0.2) is 11.5 Å². The number of halogens is 2. The van der Waals surface area contributed by atoms with Crippen molar-refractivity contribution in [2.75, 3.05) is 33.9 Å². The molecule has 0 aromatic heterocycles. The Hall–Kier alpha value is -3.71. The van der Waals surface area contributed by atoms with Crippen molar-refractivity contribution in [3.63, 3.8) is 0 Å². The molecule has 0 heterocycles. The van der Waals surface area contributed by atoms with Crippen molar-refractivity contribution >= 4 is 29.2 Å². The summed E-state index contributed by atoms with van der Waals surface area (Å²) < 4.78 is 22.8. The standard InChI is InChI=1S/C33H33Cl2NO5/c1-38-30-15-13-23(19-31(30)39-2)17-18-36-21-27(22-40-29-16-14-26(34)20-28(29)35)41-33(37)32(24-9-5-3-6-10-24)25-11-7-4-8-12-25/h3-16,19-20,27,32,36H,17-18,21-22H2,1-2H3. The second kappa shape index (κ2) is 15.3. The van der Waals surface area contributed by atoms with E-state index in [4.69, 9.17) is 42.1 Å². The summed E-state index contributed by atoms with van der Waals surface area (Å²) in [4.78, 5) is 13.7. The van der Waals surface area contributed by atoms with Gasteiger partial charge in [0.2, 0.25) is 0 Å². The Bertz CT molecular complexity index is 1360. The van der Waals surface area contributed by atoms with Crippen LogP contribution in [-0.4, -0.2) is 46.0 Å². The van der Waals surface area contributed by atoms with Crippen molar-refractivity contribution in [3.8, 4) is 17.2 Å². The first kappa shape index (κ1) is 30.3. The predicted molar refractivity (Wildman–Crippen MR) is 163 cm³/mol. The normalized spacial score (nSPS) is 11.6. The van der Waals surface area contributed by atoms with Crippen LogP contribution in [0.1, 0.15) is 22.6 Å². The molecule has 1 atom stereocenters. The highest BCUT2D eigenvalue weighted by Gasteiger charge is 2.27. The second-order valence-electron chi connectivity index (χ2n) is 9.34. The molecule has 1 N–H and O–H groups in total. The highest BCUT2D eigenvalue weighted by molar-refractivity contribution is 6.35. The number of nitrogens with one attached hydrogen (secondary N) is 1. The molecule has 4 aromatic carbocycles. The molecule has 0 bridgehead atoms. The smallest absolute Gasteiger partial charge is 0.318 e. The van der Waals surface area contributed by atoms with Gasteiger partial charge in [-0.3, -0.25) is 4.79 Å². The van der Waals surface area contributed by atoms with Gasteiger partial charge >= 0.3 is 5.97 Å². The van der Waals surface area contributed by atoms with Crippen LogP contribution in [0.4, 0.5) is 0 Å². The van der Waals surface area contributed by atoms with Crippen LogP contribution < -0.4 is 19.5 Å². The third-order valence-electron chi connectivity index (χ3n) is 6.51. The monoisotopic (exact) mass is 593 g/mol. The molecule has 4 aromatic rings. The van der Waals surface area contributed by atoms with E-state index in [1.807, 2.05) is 78.9 Å². The lowest BCUT2D eigenvalue weighted by Gasteiger charge is -2.23. The lowest BCUT2D eigenvalue weighted by atomic mass is 9.91. The summed E-state index contributed by atoms with van der Waals surface area (Å²) in [6.07, 6.45) is 0.149. The zero-order valence-corrected chi connectivity index (χ0v) is 24.5. The van der Waals surface area contributed by atoms with Gasteiger partial charge in [-0.25, -0.2) is 0 Å². The number of esters is 1. The van der Waals surface area contributed by atoms with E-state index in [0.29, 0.717) is 40.4 Å². The van der Waals surface area contributed by atoms with E-state index in [-0.39, 0.29) is 12.6 Å². The fourth-order valence-electron chi connectivity index (χ4n) is 4.43. The topological polar surface area (TPSA) is 66.0 Å². The van der Waals surface area contributed by atoms with Crippen molar-refractivity contribution in [1.29, 1.82) is 0 Å². The molecule has 214 valence electrons. The lowest BCUT2D eigenvalue weighted by molar-refractivity contribution is -0.151. The van der Waals surface area contributed by atoms with E-state index in [9.17, 15) is 4.79 Å². The molecule has 0 saturated carbocycles. The van der Waals surface area contributed by atoms with E-state index in [0.717, 1.165) is 23.1 Å². The molecule has 0 fully saturated rings. The summed E-state index contributed by atoms with van der Waals surface area (Å²) in [7, 11) is 3.23. The van der Waals surface area contributed by atoms with Crippen LogP contribution in [0.3, 0.4) is 0 Å². The van der Waals surface area contributed by atoms with Crippen LogP contribution in [0.25, 0.3) is 0 Å². The third kappa shape index (κ3) is 8.64. The molecule has 4 rings (SSSR count). The molecular weight excluding hydrogens is 561 g/mol. The number of methoxy groups -OCH3 is 2. The maximum Gasteiger partial charge on any atom is 0.318 e. The molecule has 0 saturated heterocycles. The first-order chi connectivity index (χ1) is 20.0. The minimum atomic E-state index is -0.588. The number of rotatable bonds is 14. The summed E-state index contributed by atoms with van der Waals surface area (Å²) in [6.45, 7) is 1.12. The van der Waals surface area contributed by atoms with Crippen LogP contribution in [0.5, 0.6) is 17.2 Å². The van der Waals surface area contributed by atoms with Gasteiger partial charge < -0.3 is 24.3 Å². The average molecular weight is 595 g/mol. The fraction of sp³-hybridized carbons (Fsp3) is 0.242. The van der Waals surface area contributed by atoms with Gasteiger partial charge in [0.1, 0.15) is 24.4 Å². The summed E-state index contributed by atoms with van der Waals surface area (Å²) >= 11 is 12.4. The molecule has 41 heavy (non-hydrogen) atoms. The number of carbonyl (C=O) groups is 1. The second-order valence-corrected chi connectivity index (χ2v) is 10.2. The Morgan fingerprint density at radius 2 is 1.41 bits per heavy atom. The van der Waals surface area contributed by atoms with Crippen LogP contribution in [-0.2, 0) is 16.0 Å². The molecule has 0 spiro atoms. The van der Waals surface area contributed by atoms with Crippen molar-refractivity contribution in [3.05, 3.63) is 124 Å². The Balaban J connectivity index is 1.46. The summed E-state index contributed by atoms with van der Waals surface area (Å²) in [5.41, 5.74) is 2.79. The van der Waals surface area contributed by atoms with Crippen molar-refractivity contribution in [2.45, 2.75) is 18.4 Å². The summed E-state index contributed by atoms with van der Waals surface area (Å²) in [6, 6.07) is 30.1. The first-order valence-corrected chi connectivity index (χ1v) is 14.0. The molecule has 1 unspecified atom stereocenters. The van der Waals surface area contributed by atoms with Gasteiger partial charge in [-0.1, -0.05) is 89.9 Å². The van der Waals surface area contributed by atoms with E-state index < -0.39 is 12.0 Å². The fourth-order valence-corrected chi connectivity index (χ4v) is 4.89. The van der Waals surface area contributed by atoms with E-state index >= 15 is 0 Å². The maximum atomic E-state index is 13.7. The number of benzene rings is 4. The first-order valence-electron chi connectivity index (χ1n) is 13.3. The number of hydrogen-bond acceptors (Lipinski definition) is 6. The van der Waals surface area contributed by atoms with Crippen LogP contribution in [0.2, 0.25) is 10.0 Å². The molecule has 6 nitrogen and oxygen atoms in total. The molecular formula is C33H33Cl2NO5. The molecule has 0 radical (unpaired) electrons. The SMILES string of the molecule is COc1ccc(CCNCC(COc2ccc(Cl)cc2Cl)OC(=O)C(c2ccccc2)c2ccccc2)cc1OC.